The number of aromatic nitrogens is 1. The van der Waals surface area contributed by atoms with Gasteiger partial charge in [-0.25, -0.2) is 0 Å². The Morgan fingerprint density at radius 3 is 2.59 bits per heavy atom. The van der Waals surface area contributed by atoms with Crippen LogP contribution in [0.25, 0.3) is 10.9 Å². The lowest BCUT2D eigenvalue weighted by Gasteiger charge is -2.05. The molecule has 0 saturated heterocycles. The highest BCUT2D eigenvalue weighted by atomic mass is 35.5. The molecule has 0 spiro atoms. The number of rotatable bonds is 2. The fourth-order valence-electron chi connectivity index (χ4n) is 1.60. The first-order chi connectivity index (χ1) is 7.99. The van der Waals surface area contributed by atoms with E-state index in [1.807, 2.05) is 0 Å². The maximum Gasteiger partial charge on any atom is 0.309 e. The molecule has 1 aromatic heterocycles. The van der Waals surface area contributed by atoms with Crippen LogP contribution in [0.15, 0.2) is 23.0 Å². The van der Waals surface area contributed by atoms with Gasteiger partial charge in [0.25, 0.3) is 0 Å². The van der Waals surface area contributed by atoms with E-state index in [9.17, 15) is 9.59 Å². The number of fused-ring (bicyclic) bond motifs is 1. The minimum atomic E-state index is -1.03. The van der Waals surface area contributed by atoms with Crippen LogP contribution in [0, 0.1) is 0 Å². The SMILES string of the molecule is O=C(O)Cc1cc(=O)c2c(Cl)ccc(Cl)c2[nH]1. The maximum atomic E-state index is 11.8. The van der Waals surface area contributed by atoms with Gasteiger partial charge in [-0.1, -0.05) is 23.2 Å². The third-order valence-corrected chi connectivity index (χ3v) is 2.91. The number of halogens is 2. The van der Waals surface area contributed by atoms with E-state index in [1.165, 1.54) is 12.1 Å². The van der Waals surface area contributed by atoms with Crippen LogP contribution in [-0.2, 0) is 11.2 Å². The van der Waals surface area contributed by atoms with Crippen molar-refractivity contribution in [2.75, 3.05) is 0 Å². The molecule has 17 heavy (non-hydrogen) atoms. The van der Waals surface area contributed by atoms with Gasteiger partial charge in [-0.3, -0.25) is 9.59 Å². The zero-order valence-electron chi connectivity index (χ0n) is 8.46. The average molecular weight is 272 g/mol. The number of carboxylic acids is 1. The highest BCUT2D eigenvalue weighted by Gasteiger charge is 2.10. The standard InChI is InChI=1S/C11H7Cl2NO3/c12-6-1-2-7(13)11-10(6)8(15)3-5(14-11)4-9(16)17/h1-3H,4H2,(H,14,15)(H,16,17). The van der Waals surface area contributed by atoms with Crippen molar-refractivity contribution < 1.29 is 9.90 Å². The second-order valence-corrected chi connectivity index (χ2v) is 4.32. The van der Waals surface area contributed by atoms with Crippen molar-refractivity contribution >= 4 is 40.1 Å². The summed E-state index contributed by atoms with van der Waals surface area (Å²) >= 11 is 11.8. The van der Waals surface area contributed by atoms with E-state index in [4.69, 9.17) is 28.3 Å². The molecule has 1 aromatic carbocycles. The molecule has 0 amide bonds. The summed E-state index contributed by atoms with van der Waals surface area (Å²) < 4.78 is 0. The number of hydrogen-bond donors (Lipinski definition) is 2. The number of carboxylic acid groups (broad SMARTS) is 1. The quantitative estimate of drug-likeness (QED) is 0.882. The summed E-state index contributed by atoms with van der Waals surface area (Å²) in [5.74, 6) is -1.03. The Labute approximate surface area is 106 Å². The Bertz CT molecular complexity index is 664. The van der Waals surface area contributed by atoms with Gasteiger partial charge in [0, 0.05) is 11.8 Å². The molecular formula is C11H7Cl2NO3. The molecule has 0 saturated carbocycles. The highest BCUT2D eigenvalue weighted by Crippen LogP contribution is 2.25. The lowest BCUT2D eigenvalue weighted by molar-refractivity contribution is -0.136. The van der Waals surface area contributed by atoms with Crippen molar-refractivity contribution in [3.8, 4) is 0 Å². The van der Waals surface area contributed by atoms with E-state index in [0.717, 1.165) is 0 Å². The van der Waals surface area contributed by atoms with Gasteiger partial charge >= 0.3 is 5.97 Å². The van der Waals surface area contributed by atoms with E-state index in [1.54, 1.807) is 6.07 Å². The number of aliphatic carboxylic acids is 1. The zero-order chi connectivity index (χ0) is 12.6. The van der Waals surface area contributed by atoms with Gasteiger partial charge in [-0.05, 0) is 12.1 Å². The summed E-state index contributed by atoms with van der Waals surface area (Å²) in [5.41, 5.74) is 0.310. The predicted molar refractivity (Wildman–Crippen MR) is 65.9 cm³/mol. The van der Waals surface area contributed by atoms with Crippen molar-refractivity contribution in [2.24, 2.45) is 0 Å². The molecule has 0 atom stereocenters. The van der Waals surface area contributed by atoms with E-state index >= 15 is 0 Å². The molecule has 2 aromatic rings. The van der Waals surface area contributed by atoms with Crippen molar-refractivity contribution in [1.29, 1.82) is 0 Å². The molecule has 0 aliphatic rings. The Morgan fingerprint density at radius 2 is 1.94 bits per heavy atom. The van der Waals surface area contributed by atoms with E-state index in [-0.39, 0.29) is 22.3 Å². The molecule has 88 valence electrons. The van der Waals surface area contributed by atoms with Gasteiger partial charge in [0.05, 0.1) is 27.4 Å². The summed E-state index contributed by atoms with van der Waals surface area (Å²) in [6.45, 7) is 0. The second kappa shape index (κ2) is 4.39. The lowest BCUT2D eigenvalue weighted by Crippen LogP contribution is -2.09. The van der Waals surface area contributed by atoms with Crippen molar-refractivity contribution in [2.45, 2.75) is 6.42 Å². The van der Waals surface area contributed by atoms with Crippen molar-refractivity contribution in [1.82, 2.24) is 4.98 Å². The first-order valence-electron chi connectivity index (χ1n) is 4.70. The van der Waals surface area contributed by atoms with Gasteiger partial charge < -0.3 is 10.1 Å². The molecular weight excluding hydrogens is 265 g/mol. The number of pyridine rings is 1. The Kier molecular flexibility index (Phi) is 3.09. The largest absolute Gasteiger partial charge is 0.481 e. The highest BCUT2D eigenvalue weighted by molar-refractivity contribution is 6.39. The molecule has 0 aliphatic heterocycles. The first kappa shape index (κ1) is 12.0. The number of H-pyrrole nitrogens is 1. The van der Waals surface area contributed by atoms with Gasteiger partial charge in [0.2, 0.25) is 0 Å². The van der Waals surface area contributed by atoms with Crippen LogP contribution in [0.5, 0.6) is 0 Å². The Morgan fingerprint density at radius 1 is 1.29 bits per heavy atom. The fraction of sp³-hybridized carbons (Fsp3) is 0.0909. The van der Waals surface area contributed by atoms with Crippen LogP contribution in [0.3, 0.4) is 0 Å². The maximum absolute atomic E-state index is 11.8. The molecule has 0 bridgehead atoms. The van der Waals surface area contributed by atoms with Crippen molar-refractivity contribution in [3.05, 3.63) is 44.2 Å². The summed E-state index contributed by atoms with van der Waals surface area (Å²) in [4.78, 5) is 25.2. The van der Waals surface area contributed by atoms with E-state index in [0.29, 0.717) is 16.2 Å². The Hall–Kier alpha value is -1.52. The zero-order valence-corrected chi connectivity index (χ0v) is 9.97. The molecule has 4 nitrogen and oxygen atoms in total. The molecule has 0 unspecified atom stereocenters. The third kappa shape index (κ3) is 2.28. The molecule has 2 N–H and O–H groups in total. The average Bonchev–Trinajstić information content (AvgIpc) is 2.22. The monoisotopic (exact) mass is 271 g/mol. The van der Waals surface area contributed by atoms with Crippen LogP contribution >= 0.6 is 23.2 Å². The van der Waals surface area contributed by atoms with E-state index < -0.39 is 5.97 Å². The van der Waals surface area contributed by atoms with Crippen LogP contribution in [0.2, 0.25) is 10.0 Å². The molecule has 1 heterocycles. The lowest BCUT2D eigenvalue weighted by atomic mass is 10.1. The minimum Gasteiger partial charge on any atom is -0.481 e. The normalized spacial score (nSPS) is 10.7. The molecule has 6 heteroatoms. The fourth-order valence-corrected chi connectivity index (χ4v) is 2.06. The number of hydrogen-bond acceptors (Lipinski definition) is 2. The molecule has 0 fully saturated rings. The second-order valence-electron chi connectivity index (χ2n) is 3.51. The van der Waals surface area contributed by atoms with Crippen molar-refractivity contribution in [3.63, 3.8) is 0 Å². The van der Waals surface area contributed by atoms with Gasteiger partial charge in [0.1, 0.15) is 0 Å². The summed E-state index contributed by atoms with van der Waals surface area (Å²) in [7, 11) is 0. The number of carbonyl (C=O) groups is 1. The van der Waals surface area contributed by atoms with Crippen LogP contribution < -0.4 is 5.43 Å². The molecule has 2 rings (SSSR count). The van der Waals surface area contributed by atoms with Crippen LogP contribution in [0.4, 0.5) is 0 Å². The summed E-state index contributed by atoms with van der Waals surface area (Å²) in [6.07, 6.45) is -0.270. The predicted octanol–water partition coefficient (Wildman–Crippen LogP) is 2.46. The van der Waals surface area contributed by atoms with Gasteiger partial charge in [0.15, 0.2) is 5.43 Å². The topological polar surface area (TPSA) is 70.2 Å². The minimum absolute atomic E-state index is 0.270. The number of benzene rings is 1. The molecule has 0 radical (unpaired) electrons. The van der Waals surface area contributed by atoms with E-state index in [2.05, 4.69) is 4.98 Å². The summed E-state index contributed by atoms with van der Waals surface area (Å²) in [5, 5.41) is 9.56. The van der Waals surface area contributed by atoms with Crippen LogP contribution in [-0.4, -0.2) is 16.1 Å². The molecule has 0 aliphatic carbocycles. The smallest absolute Gasteiger partial charge is 0.309 e. The summed E-state index contributed by atoms with van der Waals surface area (Å²) in [6, 6.07) is 4.30. The van der Waals surface area contributed by atoms with Gasteiger partial charge in [-0.2, -0.15) is 0 Å². The van der Waals surface area contributed by atoms with Gasteiger partial charge in [-0.15, -0.1) is 0 Å². The first-order valence-corrected chi connectivity index (χ1v) is 5.46. The van der Waals surface area contributed by atoms with Crippen LogP contribution in [0.1, 0.15) is 5.69 Å². The Balaban J connectivity index is 2.77. The number of nitrogens with one attached hydrogen (secondary N) is 1. The third-order valence-electron chi connectivity index (χ3n) is 2.28. The number of aromatic amines is 1.